The van der Waals surface area contributed by atoms with Gasteiger partial charge in [-0.15, -0.1) is 0 Å². The van der Waals surface area contributed by atoms with E-state index in [1.54, 1.807) is 0 Å². The number of amides is 1. The summed E-state index contributed by atoms with van der Waals surface area (Å²) < 4.78 is 26.9. The molecule has 6 heteroatoms. The van der Waals surface area contributed by atoms with Crippen LogP contribution in [0.2, 0.25) is 0 Å². The topological polar surface area (TPSA) is 66.5 Å². The van der Waals surface area contributed by atoms with Crippen molar-refractivity contribution in [2.24, 2.45) is 11.8 Å². The van der Waals surface area contributed by atoms with Crippen molar-refractivity contribution in [1.82, 2.24) is 9.62 Å². The molecule has 0 saturated carbocycles. The monoisotopic (exact) mass is 366 g/mol. The van der Waals surface area contributed by atoms with Gasteiger partial charge >= 0.3 is 0 Å². The normalized spacial score (nSPS) is 18.3. The molecule has 1 amide bonds. The minimum absolute atomic E-state index is 0.0287. The third-order valence-electron chi connectivity index (χ3n) is 5.19. The minimum atomic E-state index is -3.34. The van der Waals surface area contributed by atoms with E-state index in [1.807, 2.05) is 38.1 Å². The lowest BCUT2D eigenvalue weighted by Crippen LogP contribution is -2.46. The molecule has 0 bridgehead atoms. The Labute approximate surface area is 151 Å². The van der Waals surface area contributed by atoms with Crippen LogP contribution < -0.4 is 5.32 Å². The highest BCUT2D eigenvalue weighted by atomic mass is 32.2. The van der Waals surface area contributed by atoms with Crippen molar-refractivity contribution in [3.05, 3.63) is 35.4 Å². The summed E-state index contributed by atoms with van der Waals surface area (Å²) >= 11 is 0. The summed E-state index contributed by atoms with van der Waals surface area (Å²) in [5, 5.41) is 3.04. The molecule has 1 aliphatic rings. The van der Waals surface area contributed by atoms with Crippen LogP contribution in [0.4, 0.5) is 0 Å². The van der Waals surface area contributed by atoms with Crippen molar-refractivity contribution in [1.29, 1.82) is 0 Å². The average molecular weight is 367 g/mol. The maximum atomic E-state index is 12.7. The molecular formula is C19H30N2O3S. The van der Waals surface area contributed by atoms with Crippen LogP contribution in [0.5, 0.6) is 0 Å². The van der Waals surface area contributed by atoms with Gasteiger partial charge in [-0.2, -0.15) is 0 Å². The number of aryl methyl sites for hydroxylation is 1. The van der Waals surface area contributed by atoms with Crippen LogP contribution in [0.25, 0.3) is 0 Å². The summed E-state index contributed by atoms with van der Waals surface area (Å²) in [6.07, 6.45) is 1.17. The van der Waals surface area contributed by atoms with E-state index in [9.17, 15) is 13.2 Å². The molecule has 5 nitrogen and oxygen atoms in total. The van der Waals surface area contributed by atoms with Gasteiger partial charge in [-0.3, -0.25) is 4.79 Å². The van der Waals surface area contributed by atoms with Gasteiger partial charge in [0.2, 0.25) is 15.9 Å². The second kappa shape index (κ2) is 8.32. The first-order valence-electron chi connectivity index (χ1n) is 9.03. The smallest absolute Gasteiger partial charge is 0.223 e. The average Bonchev–Trinajstić information content (AvgIpc) is 2.56. The fourth-order valence-corrected chi connectivity index (χ4v) is 4.63. The Bertz CT molecular complexity index is 692. The maximum Gasteiger partial charge on any atom is 0.223 e. The Morgan fingerprint density at radius 3 is 2.36 bits per heavy atom. The molecule has 0 unspecified atom stereocenters. The Kier molecular flexibility index (Phi) is 6.63. The molecule has 25 heavy (non-hydrogen) atoms. The van der Waals surface area contributed by atoms with Gasteiger partial charge in [0.25, 0.3) is 0 Å². The number of carbonyl (C=O) groups excluding carboxylic acids is 1. The predicted octanol–water partition coefficient (Wildman–Crippen LogP) is 2.70. The first-order chi connectivity index (χ1) is 11.7. The van der Waals surface area contributed by atoms with Gasteiger partial charge in [0, 0.05) is 25.0 Å². The van der Waals surface area contributed by atoms with Crippen molar-refractivity contribution in [3.8, 4) is 0 Å². The van der Waals surface area contributed by atoms with E-state index in [0.717, 1.165) is 11.1 Å². The zero-order valence-electron chi connectivity index (χ0n) is 15.7. The number of benzene rings is 1. The third-order valence-corrected chi connectivity index (χ3v) is 7.01. The number of hydrogen-bond acceptors (Lipinski definition) is 3. The first-order valence-corrected chi connectivity index (χ1v) is 10.6. The summed E-state index contributed by atoms with van der Waals surface area (Å²) in [7, 11) is -3.34. The first kappa shape index (κ1) is 19.9. The molecule has 1 atom stereocenters. The predicted molar refractivity (Wildman–Crippen MR) is 101 cm³/mol. The number of hydrogen-bond donors (Lipinski definition) is 1. The zero-order valence-corrected chi connectivity index (χ0v) is 16.5. The van der Waals surface area contributed by atoms with E-state index in [2.05, 4.69) is 19.2 Å². The molecule has 0 aromatic heterocycles. The number of sulfonamides is 1. The SMILES string of the molecule is Cc1ccccc1CS(=O)(=O)N1CCC(C(=O)N[C@H](C)C(C)C)CC1. The van der Waals surface area contributed by atoms with Crippen LogP contribution in [-0.2, 0) is 20.6 Å². The lowest BCUT2D eigenvalue weighted by atomic mass is 9.96. The van der Waals surface area contributed by atoms with E-state index >= 15 is 0 Å². The van der Waals surface area contributed by atoms with Gasteiger partial charge in [0.1, 0.15) is 0 Å². The molecule has 1 aromatic rings. The van der Waals surface area contributed by atoms with Crippen molar-refractivity contribution in [3.63, 3.8) is 0 Å². The zero-order chi connectivity index (χ0) is 18.6. The lowest BCUT2D eigenvalue weighted by Gasteiger charge is -2.31. The van der Waals surface area contributed by atoms with E-state index in [0.29, 0.717) is 31.8 Å². The highest BCUT2D eigenvalue weighted by Crippen LogP contribution is 2.23. The highest BCUT2D eigenvalue weighted by Gasteiger charge is 2.31. The van der Waals surface area contributed by atoms with Crippen LogP contribution in [-0.4, -0.2) is 37.8 Å². The minimum Gasteiger partial charge on any atom is -0.353 e. The van der Waals surface area contributed by atoms with Crippen molar-refractivity contribution >= 4 is 15.9 Å². The quantitative estimate of drug-likeness (QED) is 0.842. The van der Waals surface area contributed by atoms with Crippen molar-refractivity contribution < 1.29 is 13.2 Å². The number of nitrogens with zero attached hydrogens (tertiary/aromatic N) is 1. The summed E-state index contributed by atoms with van der Waals surface area (Å²) in [4.78, 5) is 12.3. The fraction of sp³-hybridized carbons (Fsp3) is 0.632. The number of carbonyl (C=O) groups is 1. The van der Waals surface area contributed by atoms with Crippen LogP contribution in [0, 0.1) is 18.8 Å². The molecule has 1 N–H and O–H groups in total. The Hall–Kier alpha value is -1.40. The molecule has 1 saturated heterocycles. The summed E-state index contributed by atoms with van der Waals surface area (Å²) in [6, 6.07) is 7.70. The third kappa shape index (κ3) is 5.28. The molecule has 0 spiro atoms. The van der Waals surface area contributed by atoms with E-state index in [-0.39, 0.29) is 23.6 Å². The molecule has 1 heterocycles. The molecule has 140 valence electrons. The molecule has 1 aliphatic heterocycles. The second-order valence-corrected chi connectivity index (χ2v) is 9.37. The molecule has 1 aromatic carbocycles. The largest absolute Gasteiger partial charge is 0.353 e. The summed E-state index contributed by atoms with van der Waals surface area (Å²) in [5.74, 6) is 0.378. The van der Waals surface area contributed by atoms with Crippen LogP contribution in [0.15, 0.2) is 24.3 Å². The highest BCUT2D eigenvalue weighted by molar-refractivity contribution is 7.88. The second-order valence-electron chi connectivity index (χ2n) is 7.40. The van der Waals surface area contributed by atoms with Crippen LogP contribution >= 0.6 is 0 Å². The Balaban J connectivity index is 1.92. The van der Waals surface area contributed by atoms with Gasteiger partial charge in [-0.05, 0) is 43.7 Å². The summed E-state index contributed by atoms with van der Waals surface area (Å²) in [6.45, 7) is 8.92. The van der Waals surface area contributed by atoms with Crippen LogP contribution in [0.1, 0.15) is 44.7 Å². The van der Waals surface area contributed by atoms with E-state index in [1.165, 1.54) is 4.31 Å². The number of nitrogens with one attached hydrogen (secondary N) is 1. The Morgan fingerprint density at radius 1 is 1.20 bits per heavy atom. The van der Waals surface area contributed by atoms with Gasteiger partial charge < -0.3 is 5.32 Å². The fourth-order valence-electron chi connectivity index (χ4n) is 2.96. The summed E-state index contributed by atoms with van der Waals surface area (Å²) in [5.41, 5.74) is 1.83. The van der Waals surface area contributed by atoms with E-state index < -0.39 is 10.0 Å². The van der Waals surface area contributed by atoms with Gasteiger partial charge in [0.05, 0.1) is 5.75 Å². The number of rotatable bonds is 6. The number of piperidine rings is 1. The molecule has 2 rings (SSSR count). The van der Waals surface area contributed by atoms with Gasteiger partial charge in [-0.25, -0.2) is 12.7 Å². The Morgan fingerprint density at radius 2 is 1.80 bits per heavy atom. The lowest BCUT2D eigenvalue weighted by molar-refractivity contribution is -0.127. The van der Waals surface area contributed by atoms with E-state index in [4.69, 9.17) is 0 Å². The van der Waals surface area contributed by atoms with Crippen molar-refractivity contribution in [2.75, 3.05) is 13.1 Å². The standard InChI is InChI=1S/C19H30N2O3S/c1-14(2)16(4)20-19(22)17-9-11-21(12-10-17)25(23,24)13-18-8-6-5-7-15(18)3/h5-8,14,16-17H,9-13H2,1-4H3,(H,20,22)/t16-/m1/s1. The van der Waals surface area contributed by atoms with Gasteiger partial charge in [0.15, 0.2) is 0 Å². The van der Waals surface area contributed by atoms with Crippen molar-refractivity contribution in [2.45, 2.75) is 52.3 Å². The molecular weight excluding hydrogens is 336 g/mol. The maximum absolute atomic E-state index is 12.7. The molecule has 0 aliphatic carbocycles. The molecule has 1 fully saturated rings. The molecule has 0 radical (unpaired) electrons. The van der Waals surface area contributed by atoms with Crippen LogP contribution in [0.3, 0.4) is 0 Å². The van der Waals surface area contributed by atoms with Gasteiger partial charge in [-0.1, -0.05) is 38.1 Å².